The highest BCUT2D eigenvalue weighted by Gasteiger charge is 2.07. The highest BCUT2D eigenvalue weighted by molar-refractivity contribution is 6.30. The molecule has 0 saturated heterocycles. The highest BCUT2D eigenvalue weighted by atomic mass is 35.5. The van der Waals surface area contributed by atoms with Crippen LogP contribution < -0.4 is 5.73 Å². The van der Waals surface area contributed by atoms with Crippen molar-refractivity contribution < 1.29 is 0 Å². The van der Waals surface area contributed by atoms with E-state index in [-0.39, 0.29) is 6.04 Å². The van der Waals surface area contributed by atoms with Crippen LogP contribution in [0, 0.1) is 19.3 Å². The Morgan fingerprint density at radius 3 is 2.85 bits per heavy atom. The normalized spacial score (nSPS) is 12.2. The average molecular weight is 194 g/mol. The van der Waals surface area contributed by atoms with Gasteiger partial charge in [0.25, 0.3) is 0 Å². The third kappa shape index (κ3) is 2.48. The zero-order valence-corrected chi connectivity index (χ0v) is 8.31. The fourth-order valence-electron chi connectivity index (χ4n) is 1.29. The van der Waals surface area contributed by atoms with E-state index in [1.807, 2.05) is 25.1 Å². The van der Waals surface area contributed by atoms with Crippen molar-refractivity contribution in [2.75, 3.05) is 0 Å². The van der Waals surface area contributed by atoms with Crippen molar-refractivity contribution in [3.05, 3.63) is 34.3 Å². The first kappa shape index (κ1) is 10.1. The molecule has 1 rings (SSSR count). The summed E-state index contributed by atoms with van der Waals surface area (Å²) >= 11 is 5.82. The second-order valence-electron chi connectivity index (χ2n) is 3.02. The van der Waals surface area contributed by atoms with E-state index in [0.717, 1.165) is 16.1 Å². The first-order valence-corrected chi connectivity index (χ1v) is 4.48. The lowest BCUT2D eigenvalue weighted by Gasteiger charge is -2.11. The summed E-state index contributed by atoms with van der Waals surface area (Å²) in [6.45, 7) is 1.98. The van der Waals surface area contributed by atoms with Gasteiger partial charge in [0.15, 0.2) is 0 Å². The molecule has 2 N–H and O–H groups in total. The van der Waals surface area contributed by atoms with E-state index in [0.29, 0.717) is 6.42 Å². The molecule has 1 atom stereocenters. The van der Waals surface area contributed by atoms with Crippen LogP contribution in [0.1, 0.15) is 23.6 Å². The molecule has 0 radical (unpaired) electrons. The van der Waals surface area contributed by atoms with Gasteiger partial charge >= 0.3 is 0 Å². The molecule has 13 heavy (non-hydrogen) atoms. The lowest BCUT2D eigenvalue weighted by Crippen LogP contribution is -2.10. The summed E-state index contributed by atoms with van der Waals surface area (Å²) in [6.07, 6.45) is 5.75. The molecule has 0 aliphatic rings. The maximum Gasteiger partial charge on any atom is 0.0408 e. The first-order valence-electron chi connectivity index (χ1n) is 4.10. The summed E-state index contributed by atoms with van der Waals surface area (Å²) in [5.41, 5.74) is 8.04. The minimum Gasteiger partial charge on any atom is -0.323 e. The maximum absolute atomic E-state index is 5.87. The smallest absolute Gasteiger partial charge is 0.0408 e. The molecule has 0 heterocycles. The van der Waals surface area contributed by atoms with E-state index in [9.17, 15) is 0 Å². The minimum atomic E-state index is -0.0812. The lowest BCUT2D eigenvalue weighted by atomic mass is 10.00. The standard InChI is InChI=1S/C11H12ClN/c1-3-4-11(13)10-6-5-9(12)7-8(10)2/h1,5-7,11H,4,13H2,2H3. The Hall–Kier alpha value is -0.970. The third-order valence-electron chi connectivity index (χ3n) is 1.97. The molecule has 0 bridgehead atoms. The predicted octanol–water partition coefficient (Wildman–Crippen LogP) is 2.67. The zero-order valence-electron chi connectivity index (χ0n) is 7.55. The van der Waals surface area contributed by atoms with E-state index in [2.05, 4.69) is 5.92 Å². The summed E-state index contributed by atoms with van der Waals surface area (Å²) in [5, 5.41) is 0.731. The number of halogens is 1. The molecular weight excluding hydrogens is 182 g/mol. The van der Waals surface area contributed by atoms with Crippen molar-refractivity contribution in [1.29, 1.82) is 0 Å². The maximum atomic E-state index is 5.87. The Labute approximate surface area is 83.9 Å². The number of benzene rings is 1. The summed E-state index contributed by atoms with van der Waals surface area (Å²) in [5.74, 6) is 2.55. The number of hydrogen-bond donors (Lipinski definition) is 1. The SMILES string of the molecule is C#CCC(N)c1ccc(Cl)cc1C. The zero-order chi connectivity index (χ0) is 9.84. The Kier molecular flexibility index (Phi) is 3.36. The molecule has 0 fully saturated rings. The van der Waals surface area contributed by atoms with Crippen molar-refractivity contribution in [2.24, 2.45) is 5.73 Å². The van der Waals surface area contributed by atoms with Crippen LogP contribution in [0.15, 0.2) is 18.2 Å². The fraction of sp³-hybridized carbons (Fsp3) is 0.273. The Balaban J connectivity index is 2.96. The van der Waals surface area contributed by atoms with Crippen molar-refractivity contribution in [3.8, 4) is 12.3 Å². The Morgan fingerprint density at radius 1 is 1.62 bits per heavy atom. The second-order valence-corrected chi connectivity index (χ2v) is 3.45. The molecule has 0 spiro atoms. The van der Waals surface area contributed by atoms with Crippen LogP contribution in [0.4, 0.5) is 0 Å². The molecule has 1 aromatic carbocycles. The van der Waals surface area contributed by atoms with Crippen LogP contribution in [0.5, 0.6) is 0 Å². The highest BCUT2D eigenvalue weighted by Crippen LogP contribution is 2.21. The van der Waals surface area contributed by atoms with E-state index >= 15 is 0 Å². The largest absolute Gasteiger partial charge is 0.323 e. The molecule has 1 aromatic rings. The van der Waals surface area contributed by atoms with E-state index in [1.54, 1.807) is 0 Å². The van der Waals surface area contributed by atoms with Gasteiger partial charge in [-0.1, -0.05) is 17.7 Å². The number of hydrogen-bond acceptors (Lipinski definition) is 1. The van der Waals surface area contributed by atoms with Crippen molar-refractivity contribution in [2.45, 2.75) is 19.4 Å². The molecule has 0 aliphatic heterocycles. The van der Waals surface area contributed by atoms with Crippen molar-refractivity contribution in [3.63, 3.8) is 0 Å². The van der Waals surface area contributed by atoms with Crippen LogP contribution in [0.3, 0.4) is 0 Å². The summed E-state index contributed by atoms with van der Waals surface area (Å²) in [7, 11) is 0. The van der Waals surface area contributed by atoms with Crippen LogP contribution >= 0.6 is 11.6 Å². The topological polar surface area (TPSA) is 26.0 Å². The van der Waals surface area contributed by atoms with Gasteiger partial charge in [0, 0.05) is 17.5 Å². The number of terminal acetylenes is 1. The number of aryl methyl sites for hydroxylation is 1. The number of rotatable bonds is 2. The number of nitrogens with two attached hydrogens (primary N) is 1. The van der Waals surface area contributed by atoms with Gasteiger partial charge in [0.1, 0.15) is 0 Å². The molecule has 0 aliphatic carbocycles. The minimum absolute atomic E-state index is 0.0812. The summed E-state index contributed by atoms with van der Waals surface area (Å²) in [4.78, 5) is 0. The molecular formula is C11H12ClN. The van der Waals surface area contributed by atoms with Crippen LogP contribution in [0.2, 0.25) is 5.02 Å². The molecule has 2 heteroatoms. The van der Waals surface area contributed by atoms with Gasteiger partial charge in [-0.25, -0.2) is 0 Å². The van der Waals surface area contributed by atoms with E-state index in [4.69, 9.17) is 23.8 Å². The average Bonchev–Trinajstić information content (AvgIpc) is 2.04. The van der Waals surface area contributed by atoms with Gasteiger partial charge in [-0.3, -0.25) is 0 Å². The van der Waals surface area contributed by atoms with Crippen molar-refractivity contribution in [1.82, 2.24) is 0 Å². The molecule has 0 aromatic heterocycles. The van der Waals surface area contributed by atoms with Crippen molar-refractivity contribution >= 4 is 11.6 Å². The van der Waals surface area contributed by atoms with Gasteiger partial charge in [0.2, 0.25) is 0 Å². The molecule has 68 valence electrons. The van der Waals surface area contributed by atoms with Crippen LogP contribution in [-0.4, -0.2) is 0 Å². The summed E-state index contributed by atoms with van der Waals surface area (Å²) in [6, 6.07) is 5.58. The first-order chi connectivity index (χ1) is 6.15. The molecule has 0 saturated carbocycles. The van der Waals surface area contributed by atoms with Gasteiger partial charge in [-0.05, 0) is 30.2 Å². The quantitative estimate of drug-likeness (QED) is 0.719. The molecule has 1 nitrogen and oxygen atoms in total. The Bertz CT molecular complexity index is 338. The van der Waals surface area contributed by atoms with Gasteiger partial charge in [0.05, 0.1) is 0 Å². The predicted molar refractivity (Wildman–Crippen MR) is 56.6 cm³/mol. The van der Waals surface area contributed by atoms with Gasteiger partial charge in [-0.2, -0.15) is 0 Å². The monoisotopic (exact) mass is 193 g/mol. The molecule has 0 amide bonds. The summed E-state index contributed by atoms with van der Waals surface area (Å²) < 4.78 is 0. The fourth-order valence-corrected chi connectivity index (χ4v) is 1.52. The van der Waals surface area contributed by atoms with Crippen LogP contribution in [-0.2, 0) is 0 Å². The Morgan fingerprint density at radius 2 is 2.31 bits per heavy atom. The third-order valence-corrected chi connectivity index (χ3v) is 2.20. The van der Waals surface area contributed by atoms with E-state index in [1.165, 1.54) is 0 Å². The second kappa shape index (κ2) is 4.32. The lowest BCUT2D eigenvalue weighted by molar-refractivity contribution is 0.748. The van der Waals surface area contributed by atoms with Crippen LogP contribution in [0.25, 0.3) is 0 Å². The van der Waals surface area contributed by atoms with E-state index < -0.39 is 0 Å². The van der Waals surface area contributed by atoms with Gasteiger partial charge in [-0.15, -0.1) is 12.3 Å². The van der Waals surface area contributed by atoms with Gasteiger partial charge < -0.3 is 5.73 Å². The molecule has 1 unspecified atom stereocenters.